The van der Waals surface area contributed by atoms with Crippen LogP contribution >= 0.6 is 0 Å². The summed E-state index contributed by atoms with van der Waals surface area (Å²) in [5.41, 5.74) is 11.7. The molecule has 1 aromatic heterocycles. The van der Waals surface area contributed by atoms with E-state index in [9.17, 15) is 5.11 Å². The van der Waals surface area contributed by atoms with Gasteiger partial charge in [-0.05, 0) is 92.1 Å². The van der Waals surface area contributed by atoms with E-state index in [0.29, 0.717) is 17.1 Å². The molecule has 4 nitrogen and oxygen atoms in total. The first-order valence-electron chi connectivity index (χ1n) is 16.7. The van der Waals surface area contributed by atoms with Gasteiger partial charge in [-0.3, -0.25) is 4.99 Å². The van der Waals surface area contributed by atoms with Crippen LogP contribution in [0.25, 0.3) is 44.8 Å². The van der Waals surface area contributed by atoms with Crippen molar-refractivity contribution in [2.75, 3.05) is 0 Å². The molecule has 0 radical (unpaired) electrons. The van der Waals surface area contributed by atoms with Crippen LogP contribution in [0.1, 0.15) is 84.6 Å². The maximum atomic E-state index is 10.6. The molecule has 0 spiro atoms. The number of phenolic OH excluding ortho intramolecular Hbond substituents is 1. The Kier molecular flexibility index (Phi) is 8.41. The standard InChI is InChI=1S/C44H46N2O2/c1-42(2,3)32-19-17-28(18-20-32)29-13-12-14-30(23-29)36-25-34(44(7,8)9)26-39-40(36)46-41(48-39)35-15-10-11-16-37(35)45-27-31-24-33(43(4,5)6)21-22-38(31)47/h10-27,47H,1-9H3. The van der Waals surface area contributed by atoms with Crippen LogP contribution in [-0.4, -0.2) is 16.3 Å². The highest BCUT2D eigenvalue weighted by Crippen LogP contribution is 2.40. The molecular formula is C44H46N2O2. The van der Waals surface area contributed by atoms with E-state index in [1.54, 1.807) is 12.3 Å². The number of aromatic hydroxyl groups is 1. The average molecular weight is 635 g/mol. The summed E-state index contributed by atoms with van der Waals surface area (Å²) in [7, 11) is 0. The van der Waals surface area contributed by atoms with Crippen LogP contribution in [0.5, 0.6) is 5.75 Å². The Morgan fingerprint density at radius 1 is 0.583 bits per heavy atom. The monoisotopic (exact) mass is 634 g/mol. The summed E-state index contributed by atoms with van der Waals surface area (Å²) < 4.78 is 6.56. The zero-order valence-electron chi connectivity index (χ0n) is 29.6. The van der Waals surface area contributed by atoms with Crippen molar-refractivity contribution in [1.29, 1.82) is 0 Å². The highest BCUT2D eigenvalue weighted by molar-refractivity contribution is 5.95. The molecule has 48 heavy (non-hydrogen) atoms. The van der Waals surface area contributed by atoms with Crippen LogP contribution < -0.4 is 0 Å². The lowest BCUT2D eigenvalue weighted by atomic mass is 9.84. The predicted molar refractivity (Wildman–Crippen MR) is 202 cm³/mol. The van der Waals surface area contributed by atoms with Gasteiger partial charge in [0.05, 0.1) is 11.3 Å². The second-order valence-electron chi connectivity index (χ2n) is 15.8. The van der Waals surface area contributed by atoms with E-state index in [4.69, 9.17) is 14.4 Å². The minimum absolute atomic E-state index is 0.0492. The van der Waals surface area contributed by atoms with Crippen molar-refractivity contribution >= 4 is 23.0 Å². The third-order valence-electron chi connectivity index (χ3n) is 8.99. The minimum Gasteiger partial charge on any atom is -0.507 e. The van der Waals surface area contributed by atoms with E-state index in [0.717, 1.165) is 38.9 Å². The number of oxazole rings is 1. The number of hydrogen-bond acceptors (Lipinski definition) is 4. The molecule has 1 N–H and O–H groups in total. The average Bonchev–Trinajstić information content (AvgIpc) is 3.47. The molecule has 0 aliphatic carbocycles. The molecular weight excluding hydrogens is 588 g/mol. The van der Waals surface area contributed by atoms with E-state index in [1.165, 1.54) is 16.7 Å². The summed E-state index contributed by atoms with van der Waals surface area (Å²) in [5, 5.41) is 10.6. The lowest BCUT2D eigenvalue weighted by molar-refractivity contribution is 0.473. The fourth-order valence-electron chi connectivity index (χ4n) is 5.86. The van der Waals surface area contributed by atoms with Gasteiger partial charge in [-0.25, -0.2) is 4.98 Å². The van der Waals surface area contributed by atoms with Gasteiger partial charge in [0, 0.05) is 17.3 Å². The number of hydrogen-bond donors (Lipinski definition) is 1. The van der Waals surface area contributed by atoms with Crippen LogP contribution in [-0.2, 0) is 16.2 Å². The van der Waals surface area contributed by atoms with Gasteiger partial charge >= 0.3 is 0 Å². The van der Waals surface area contributed by atoms with Crippen molar-refractivity contribution < 1.29 is 9.52 Å². The Morgan fingerprint density at radius 3 is 1.92 bits per heavy atom. The largest absolute Gasteiger partial charge is 0.507 e. The fraction of sp³-hybridized carbons (Fsp3) is 0.273. The first kappa shape index (κ1) is 33.0. The van der Waals surface area contributed by atoms with Gasteiger partial charge < -0.3 is 9.52 Å². The third kappa shape index (κ3) is 6.85. The van der Waals surface area contributed by atoms with Gasteiger partial charge in [0.2, 0.25) is 5.89 Å². The molecule has 6 rings (SSSR count). The fourth-order valence-corrected chi connectivity index (χ4v) is 5.86. The number of phenols is 1. The number of nitrogens with zero attached hydrogens (tertiary/aromatic N) is 2. The smallest absolute Gasteiger partial charge is 0.229 e. The maximum absolute atomic E-state index is 10.6. The van der Waals surface area contributed by atoms with E-state index in [1.807, 2.05) is 36.4 Å². The third-order valence-corrected chi connectivity index (χ3v) is 8.99. The first-order chi connectivity index (χ1) is 22.6. The molecule has 0 saturated carbocycles. The van der Waals surface area contributed by atoms with Crippen molar-refractivity contribution in [3.05, 3.63) is 125 Å². The Bertz CT molecular complexity index is 2130. The molecule has 0 fully saturated rings. The van der Waals surface area contributed by atoms with Crippen LogP contribution in [0.3, 0.4) is 0 Å². The van der Waals surface area contributed by atoms with E-state index in [-0.39, 0.29) is 22.0 Å². The Labute approximate surface area is 285 Å². The molecule has 5 aromatic carbocycles. The van der Waals surface area contributed by atoms with E-state index < -0.39 is 0 Å². The van der Waals surface area contributed by atoms with E-state index >= 15 is 0 Å². The Balaban J connectivity index is 1.44. The van der Waals surface area contributed by atoms with Crippen LogP contribution in [0.4, 0.5) is 5.69 Å². The van der Waals surface area contributed by atoms with Gasteiger partial charge in [0.25, 0.3) is 0 Å². The molecule has 4 heteroatoms. The summed E-state index contributed by atoms with van der Waals surface area (Å²) in [5.74, 6) is 0.699. The molecule has 6 aromatic rings. The summed E-state index contributed by atoms with van der Waals surface area (Å²) in [4.78, 5) is 9.94. The Hall–Kier alpha value is -4.96. The molecule has 1 heterocycles. The van der Waals surface area contributed by atoms with Gasteiger partial charge in [-0.15, -0.1) is 0 Å². The number of rotatable bonds is 5. The number of benzene rings is 5. The maximum Gasteiger partial charge on any atom is 0.229 e. The summed E-state index contributed by atoms with van der Waals surface area (Å²) in [6.45, 7) is 19.8. The number of aromatic nitrogens is 1. The van der Waals surface area contributed by atoms with Crippen molar-refractivity contribution in [1.82, 2.24) is 4.98 Å². The predicted octanol–water partition coefficient (Wildman–Crippen LogP) is 12.2. The highest BCUT2D eigenvalue weighted by Gasteiger charge is 2.22. The van der Waals surface area contributed by atoms with Crippen molar-refractivity contribution in [2.45, 2.75) is 78.6 Å². The molecule has 0 aliphatic heterocycles. The van der Waals surface area contributed by atoms with Crippen LogP contribution in [0.2, 0.25) is 0 Å². The lowest BCUT2D eigenvalue weighted by Crippen LogP contribution is -2.11. The van der Waals surface area contributed by atoms with Gasteiger partial charge in [-0.2, -0.15) is 0 Å². The summed E-state index contributed by atoms with van der Waals surface area (Å²) in [6.07, 6.45) is 1.72. The second-order valence-corrected chi connectivity index (χ2v) is 15.8. The van der Waals surface area contributed by atoms with Gasteiger partial charge in [-0.1, -0.05) is 123 Å². The molecule has 0 unspecified atom stereocenters. The SMILES string of the molecule is CC(C)(C)c1ccc(-c2cccc(-c3cc(C(C)(C)C)cc4oc(-c5ccccc5N=Cc5cc(C(C)(C)C)ccc5O)nc34)c2)cc1. The van der Waals surface area contributed by atoms with Crippen molar-refractivity contribution in [2.24, 2.45) is 4.99 Å². The first-order valence-corrected chi connectivity index (χ1v) is 16.7. The zero-order chi connectivity index (χ0) is 34.4. The molecule has 0 aliphatic rings. The summed E-state index contributed by atoms with van der Waals surface area (Å²) in [6, 6.07) is 35.5. The normalized spacial score (nSPS) is 12.7. The highest BCUT2D eigenvalue weighted by atomic mass is 16.3. The van der Waals surface area contributed by atoms with Crippen molar-refractivity contribution in [3.8, 4) is 39.5 Å². The van der Waals surface area contributed by atoms with Crippen molar-refractivity contribution in [3.63, 3.8) is 0 Å². The number of para-hydroxylation sites is 1. The topological polar surface area (TPSA) is 58.6 Å². The van der Waals surface area contributed by atoms with Crippen LogP contribution in [0.15, 0.2) is 113 Å². The second kappa shape index (κ2) is 12.2. The van der Waals surface area contributed by atoms with E-state index in [2.05, 4.69) is 123 Å². The quantitative estimate of drug-likeness (QED) is 0.192. The zero-order valence-corrected chi connectivity index (χ0v) is 29.6. The number of fused-ring (bicyclic) bond motifs is 1. The lowest BCUT2D eigenvalue weighted by Gasteiger charge is -2.20. The van der Waals surface area contributed by atoms with Gasteiger partial charge in [0.15, 0.2) is 5.58 Å². The molecule has 0 bridgehead atoms. The minimum atomic E-state index is -0.0952. The molecule has 0 saturated heterocycles. The van der Waals surface area contributed by atoms with Crippen LogP contribution in [0, 0.1) is 0 Å². The molecule has 0 atom stereocenters. The molecule has 0 amide bonds. The summed E-state index contributed by atoms with van der Waals surface area (Å²) >= 11 is 0. The Morgan fingerprint density at radius 2 is 1.23 bits per heavy atom. The molecule has 244 valence electrons. The van der Waals surface area contributed by atoms with Gasteiger partial charge in [0.1, 0.15) is 11.3 Å². The number of aliphatic imine (C=N–C) groups is 1.